The minimum Gasteiger partial charge on any atom is -0.330 e. The van der Waals surface area contributed by atoms with Gasteiger partial charge in [-0.15, -0.1) is 0 Å². The lowest BCUT2D eigenvalue weighted by Gasteiger charge is -2.36. The SMILES string of the molecule is Cc1ccccc1CN1CCCCC1CCN. The van der Waals surface area contributed by atoms with Crippen LogP contribution in [0.25, 0.3) is 0 Å². The second-order valence-electron chi connectivity index (χ2n) is 5.12. The monoisotopic (exact) mass is 232 g/mol. The predicted octanol–water partition coefficient (Wildman–Crippen LogP) is 2.70. The molecule has 0 aliphatic carbocycles. The largest absolute Gasteiger partial charge is 0.330 e. The van der Waals surface area contributed by atoms with Crippen LogP contribution in [0.5, 0.6) is 0 Å². The zero-order valence-electron chi connectivity index (χ0n) is 10.9. The molecule has 94 valence electrons. The summed E-state index contributed by atoms with van der Waals surface area (Å²) < 4.78 is 0. The maximum atomic E-state index is 5.72. The Bertz CT molecular complexity index is 347. The van der Waals surface area contributed by atoms with Crippen LogP contribution < -0.4 is 5.73 Å². The number of benzene rings is 1. The summed E-state index contributed by atoms with van der Waals surface area (Å²) in [5.41, 5.74) is 8.59. The average molecular weight is 232 g/mol. The first kappa shape index (κ1) is 12.6. The van der Waals surface area contributed by atoms with Crippen LogP contribution >= 0.6 is 0 Å². The van der Waals surface area contributed by atoms with Crippen molar-refractivity contribution in [3.05, 3.63) is 35.4 Å². The molecule has 0 radical (unpaired) electrons. The Morgan fingerprint density at radius 1 is 1.29 bits per heavy atom. The first-order chi connectivity index (χ1) is 8.31. The number of hydrogen-bond donors (Lipinski definition) is 1. The van der Waals surface area contributed by atoms with Crippen molar-refractivity contribution >= 4 is 0 Å². The van der Waals surface area contributed by atoms with E-state index in [-0.39, 0.29) is 0 Å². The summed E-state index contributed by atoms with van der Waals surface area (Å²) in [6, 6.07) is 9.42. The average Bonchev–Trinajstić information content (AvgIpc) is 2.35. The van der Waals surface area contributed by atoms with E-state index in [1.807, 2.05) is 0 Å². The Hall–Kier alpha value is -0.860. The van der Waals surface area contributed by atoms with Crippen molar-refractivity contribution < 1.29 is 0 Å². The lowest BCUT2D eigenvalue weighted by molar-refractivity contribution is 0.134. The fourth-order valence-corrected chi connectivity index (χ4v) is 2.79. The molecule has 2 rings (SSSR count). The molecule has 1 heterocycles. The van der Waals surface area contributed by atoms with Crippen LogP contribution in [-0.2, 0) is 6.54 Å². The molecule has 1 fully saturated rings. The quantitative estimate of drug-likeness (QED) is 0.865. The van der Waals surface area contributed by atoms with Gasteiger partial charge in [-0.2, -0.15) is 0 Å². The number of hydrogen-bond acceptors (Lipinski definition) is 2. The maximum absolute atomic E-state index is 5.72. The smallest absolute Gasteiger partial charge is 0.0239 e. The Balaban J connectivity index is 2.03. The topological polar surface area (TPSA) is 29.3 Å². The van der Waals surface area contributed by atoms with Crippen molar-refractivity contribution in [2.45, 2.75) is 45.2 Å². The first-order valence-corrected chi connectivity index (χ1v) is 6.80. The summed E-state index contributed by atoms with van der Waals surface area (Å²) in [6.45, 7) is 5.35. The van der Waals surface area contributed by atoms with E-state index in [0.29, 0.717) is 6.04 Å². The zero-order valence-corrected chi connectivity index (χ0v) is 10.9. The normalized spacial score (nSPS) is 21.6. The molecule has 0 bridgehead atoms. The number of likely N-dealkylation sites (tertiary alicyclic amines) is 1. The fourth-order valence-electron chi connectivity index (χ4n) is 2.79. The molecule has 1 atom stereocenters. The molecule has 1 unspecified atom stereocenters. The summed E-state index contributed by atoms with van der Waals surface area (Å²) >= 11 is 0. The summed E-state index contributed by atoms with van der Waals surface area (Å²) in [5, 5.41) is 0. The second-order valence-corrected chi connectivity index (χ2v) is 5.12. The molecule has 1 aromatic carbocycles. The molecule has 1 aromatic rings. The van der Waals surface area contributed by atoms with Gasteiger partial charge in [0.1, 0.15) is 0 Å². The van der Waals surface area contributed by atoms with Gasteiger partial charge < -0.3 is 5.73 Å². The molecular formula is C15H24N2. The molecule has 1 saturated heterocycles. The predicted molar refractivity (Wildman–Crippen MR) is 72.9 cm³/mol. The highest BCUT2D eigenvalue weighted by molar-refractivity contribution is 5.25. The Labute approximate surface area is 105 Å². The highest BCUT2D eigenvalue weighted by Crippen LogP contribution is 2.22. The molecular weight excluding hydrogens is 208 g/mol. The van der Waals surface area contributed by atoms with Gasteiger partial charge in [0.2, 0.25) is 0 Å². The summed E-state index contributed by atoms with van der Waals surface area (Å²) in [4.78, 5) is 2.62. The van der Waals surface area contributed by atoms with Gasteiger partial charge in [0, 0.05) is 12.6 Å². The maximum Gasteiger partial charge on any atom is 0.0239 e. The molecule has 0 saturated carbocycles. The van der Waals surface area contributed by atoms with E-state index < -0.39 is 0 Å². The van der Waals surface area contributed by atoms with Crippen LogP contribution in [0.1, 0.15) is 36.8 Å². The van der Waals surface area contributed by atoms with Crippen LogP contribution in [0.3, 0.4) is 0 Å². The lowest BCUT2D eigenvalue weighted by Crippen LogP contribution is -2.40. The van der Waals surface area contributed by atoms with Gasteiger partial charge in [-0.3, -0.25) is 4.90 Å². The standard InChI is InChI=1S/C15H24N2/c1-13-6-2-3-7-14(13)12-17-11-5-4-8-15(17)9-10-16/h2-3,6-7,15H,4-5,8-12,16H2,1H3. The number of piperidine rings is 1. The third-order valence-electron chi connectivity index (χ3n) is 3.88. The van der Waals surface area contributed by atoms with Crippen molar-refractivity contribution in [3.63, 3.8) is 0 Å². The minimum absolute atomic E-state index is 0.702. The van der Waals surface area contributed by atoms with E-state index >= 15 is 0 Å². The number of nitrogens with two attached hydrogens (primary N) is 1. The van der Waals surface area contributed by atoms with Crippen LogP contribution in [0.4, 0.5) is 0 Å². The number of nitrogens with zero attached hydrogens (tertiary/aromatic N) is 1. The van der Waals surface area contributed by atoms with Gasteiger partial charge in [-0.25, -0.2) is 0 Å². The number of rotatable bonds is 4. The highest BCUT2D eigenvalue weighted by atomic mass is 15.2. The molecule has 2 nitrogen and oxygen atoms in total. The third-order valence-corrected chi connectivity index (χ3v) is 3.88. The van der Waals surface area contributed by atoms with Gasteiger partial charge in [0.15, 0.2) is 0 Å². The zero-order chi connectivity index (χ0) is 12.1. The molecule has 2 heteroatoms. The third kappa shape index (κ3) is 3.30. The lowest BCUT2D eigenvalue weighted by atomic mass is 9.98. The van der Waals surface area contributed by atoms with Crippen molar-refractivity contribution in [2.75, 3.05) is 13.1 Å². The van der Waals surface area contributed by atoms with E-state index in [9.17, 15) is 0 Å². The fraction of sp³-hybridized carbons (Fsp3) is 0.600. The van der Waals surface area contributed by atoms with E-state index in [4.69, 9.17) is 5.73 Å². The molecule has 1 aliphatic rings. The first-order valence-electron chi connectivity index (χ1n) is 6.80. The van der Waals surface area contributed by atoms with Crippen LogP contribution in [0.2, 0.25) is 0 Å². The van der Waals surface area contributed by atoms with Crippen LogP contribution in [0.15, 0.2) is 24.3 Å². The Morgan fingerprint density at radius 3 is 2.88 bits per heavy atom. The molecule has 1 aliphatic heterocycles. The molecule has 2 N–H and O–H groups in total. The van der Waals surface area contributed by atoms with Crippen LogP contribution in [0, 0.1) is 6.92 Å². The van der Waals surface area contributed by atoms with Crippen molar-refractivity contribution in [1.29, 1.82) is 0 Å². The van der Waals surface area contributed by atoms with Crippen molar-refractivity contribution in [2.24, 2.45) is 5.73 Å². The van der Waals surface area contributed by atoms with Gasteiger partial charge in [-0.05, 0) is 50.4 Å². The van der Waals surface area contributed by atoms with E-state index in [1.54, 1.807) is 0 Å². The minimum atomic E-state index is 0.702. The molecule has 17 heavy (non-hydrogen) atoms. The van der Waals surface area contributed by atoms with E-state index in [2.05, 4.69) is 36.1 Å². The summed E-state index contributed by atoms with van der Waals surface area (Å²) in [6.07, 6.45) is 5.18. The molecule has 0 spiro atoms. The Kier molecular flexibility index (Phi) is 4.57. The summed E-state index contributed by atoms with van der Waals surface area (Å²) in [5.74, 6) is 0. The van der Waals surface area contributed by atoms with Gasteiger partial charge in [-0.1, -0.05) is 30.7 Å². The molecule has 0 aromatic heterocycles. The summed E-state index contributed by atoms with van der Waals surface area (Å²) in [7, 11) is 0. The number of aryl methyl sites for hydroxylation is 1. The van der Waals surface area contributed by atoms with Crippen molar-refractivity contribution in [1.82, 2.24) is 4.90 Å². The van der Waals surface area contributed by atoms with E-state index in [1.165, 1.54) is 36.9 Å². The van der Waals surface area contributed by atoms with Crippen molar-refractivity contribution in [3.8, 4) is 0 Å². The van der Waals surface area contributed by atoms with Crippen LogP contribution in [-0.4, -0.2) is 24.0 Å². The Morgan fingerprint density at radius 2 is 2.12 bits per heavy atom. The van der Waals surface area contributed by atoms with Gasteiger partial charge >= 0.3 is 0 Å². The molecule has 0 amide bonds. The van der Waals surface area contributed by atoms with E-state index in [0.717, 1.165) is 19.5 Å². The van der Waals surface area contributed by atoms with Gasteiger partial charge in [0.25, 0.3) is 0 Å². The second kappa shape index (κ2) is 6.18. The van der Waals surface area contributed by atoms with Gasteiger partial charge in [0.05, 0.1) is 0 Å². The highest BCUT2D eigenvalue weighted by Gasteiger charge is 2.21.